The average molecular weight is 367 g/mol. The van der Waals surface area contributed by atoms with E-state index in [-0.39, 0.29) is 10.8 Å². The summed E-state index contributed by atoms with van der Waals surface area (Å²) in [5.41, 5.74) is 0. The van der Waals surface area contributed by atoms with Crippen LogP contribution in [-0.2, 0) is 30.4 Å². The van der Waals surface area contributed by atoms with Crippen molar-refractivity contribution in [1.29, 1.82) is 0 Å². The van der Waals surface area contributed by atoms with Gasteiger partial charge in [-0.2, -0.15) is 25.3 Å². The smallest absolute Gasteiger partial charge is 0.282 e. The van der Waals surface area contributed by atoms with E-state index < -0.39 is 45.0 Å². The molecule has 1 radical (unpaired) electrons. The van der Waals surface area contributed by atoms with Gasteiger partial charge in [0.05, 0.1) is 4.90 Å². The fourth-order valence-electron chi connectivity index (χ4n) is 1.73. The van der Waals surface area contributed by atoms with Gasteiger partial charge in [-0.05, 0) is 29.7 Å². The molecule has 0 saturated heterocycles. The zero-order chi connectivity index (χ0) is 16.9. The lowest BCUT2D eigenvalue weighted by Gasteiger charge is -2.07. The third kappa shape index (κ3) is 3.26. The topological polar surface area (TPSA) is 163 Å². The highest BCUT2D eigenvalue weighted by Gasteiger charge is 2.21. The lowest BCUT2D eigenvalue weighted by atomic mass is 10.1. The molecule has 0 spiro atoms. The van der Waals surface area contributed by atoms with E-state index in [4.69, 9.17) is 13.7 Å². The lowest BCUT2D eigenvalue weighted by molar-refractivity contribution is 0.480. The van der Waals surface area contributed by atoms with E-state index in [1.54, 1.807) is 0 Å². The molecule has 22 heavy (non-hydrogen) atoms. The van der Waals surface area contributed by atoms with Gasteiger partial charge >= 0.3 is 0 Å². The van der Waals surface area contributed by atoms with Crippen LogP contribution in [0.3, 0.4) is 0 Å². The average Bonchev–Trinajstić information content (AvgIpc) is 2.33. The zero-order valence-electron chi connectivity index (χ0n) is 10.3. The Balaban J connectivity index is 3.02. The van der Waals surface area contributed by atoms with Crippen molar-refractivity contribution < 1.29 is 38.9 Å². The van der Waals surface area contributed by atoms with Crippen LogP contribution >= 0.6 is 0 Å². The van der Waals surface area contributed by atoms with Gasteiger partial charge in [0.15, 0.2) is 0 Å². The highest BCUT2D eigenvalue weighted by Crippen LogP contribution is 2.28. The lowest BCUT2D eigenvalue weighted by Crippen LogP contribution is -2.05. The van der Waals surface area contributed by atoms with Crippen LogP contribution in [-0.4, -0.2) is 38.9 Å². The van der Waals surface area contributed by atoms with Gasteiger partial charge in [0.2, 0.25) is 0 Å². The predicted molar refractivity (Wildman–Crippen MR) is 72.2 cm³/mol. The standard InChI is InChI=1S/C10H7O9S3/c11-20(12,13)7-1-2-9-6(3-7)4-8(21(14,15)16)5-10(9)22(17,18)19/h2-5H,(H,11,12,13)(H,14,15,16)(H,17,18,19). The molecule has 0 atom stereocenters. The monoisotopic (exact) mass is 367 g/mol. The summed E-state index contributed by atoms with van der Waals surface area (Å²) in [6.45, 7) is 0. The Hall–Kier alpha value is -1.57. The molecule has 0 amide bonds. The fourth-order valence-corrected chi connectivity index (χ4v) is 3.56. The van der Waals surface area contributed by atoms with Gasteiger partial charge < -0.3 is 0 Å². The number of rotatable bonds is 3. The molecule has 0 aliphatic carbocycles. The van der Waals surface area contributed by atoms with E-state index in [1.165, 1.54) is 0 Å². The van der Waals surface area contributed by atoms with Gasteiger partial charge in [-0.1, -0.05) is 0 Å². The Kier molecular flexibility index (Phi) is 3.80. The summed E-state index contributed by atoms with van der Waals surface area (Å²) in [7, 11) is -14.4. The van der Waals surface area contributed by atoms with Crippen LogP contribution < -0.4 is 0 Å². The van der Waals surface area contributed by atoms with Crippen molar-refractivity contribution in [2.75, 3.05) is 0 Å². The molecule has 2 rings (SSSR count). The molecule has 3 N–H and O–H groups in total. The third-order valence-electron chi connectivity index (χ3n) is 2.65. The Bertz CT molecular complexity index is 1070. The summed E-state index contributed by atoms with van der Waals surface area (Å²) in [6, 6.07) is 4.97. The molecule has 2 aromatic carbocycles. The summed E-state index contributed by atoms with van der Waals surface area (Å²) in [4.78, 5) is -2.48. The highest BCUT2D eigenvalue weighted by atomic mass is 32.2. The van der Waals surface area contributed by atoms with E-state index in [9.17, 15) is 25.3 Å². The molecule has 119 valence electrons. The zero-order valence-corrected chi connectivity index (χ0v) is 12.8. The van der Waals surface area contributed by atoms with Gasteiger partial charge in [-0.25, -0.2) is 0 Å². The van der Waals surface area contributed by atoms with Crippen molar-refractivity contribution >= 4 is 41.1 Å². The highest BCUT2D eigenvalue weighted by molar-refractivity contribution is 7.87. The molecule has 2 aromatic rings. The first-order chi connectivity index (χ1) is 9.80. The van der Waals surface area contributed by atoms with Gasteiger partial charge in [0.25, 0.3) is 30.4 Å². The summed E-state index contributed by atoms with van der Waals surface area (Å²) in [5, 5.41) is -0.517. The molecule has 12 heteroatoms. The van der Waals surface area contributed by atoms with E-state index in [1.807, 2.05) is 0 Å². The fraction of sp³-hybridized carbons (Fsp3) is 0. The van der Waals surface area contributed by atoms with Crippen molar-refractivity contribution in [3.63, 3.8) is 0 Å². The molecule has 0 aliphatic heterocycles. The minimum atomic E-state index is -4.87. The van der Waals surface area contributed by atoms with Crippen molar-refractivity contribution in [3.8, 4) is 0 Å². The maximum atomic E-state index is 11.3. The quantitative estimate of drug-likeness (QED) is 0.650. The SMILES string of the molecule is O=S(=O)(O)c1[c]cc2c(S(=O)(=O)O)cc(S(=O)(=O)O)cc2c1. The van der Waals surface area contributed by atoms with Crippen molar-refractivity contribution in [2.45, 2.75) is 14.7 Å². The minimum absolute atomic E-state index is 0.248. The second kappa shape index (κ2) is 4.97. The number of benzene rings is 2. The van der Waals surface area contributed by atoms with Crippen LogP contribution in [0.5, 0.6) is 0 Å². The Labute approximate surface area is 125 Å². The van der Waals surface area contributed by atoms with E-state index in [0.29, 0.717) is 6.07 Å². The summed E-state index contributed by atoms with van der Waals surface area (Å²) >= 11 is 0. The van der Waals surface area contributed by atoms with Gasteiger partial charge in [0, 0.05) is 11.5 Å². The Morgan fingerprint density at radius 1 is 0.773 bits per heavy atom. The molecule has 0 saturated carbocycles. The predicted octanol–water partition coefficient (Wildman–Crippen LogP) is 0.380. The van der Waals surface area contributed by atoms with Crippen LogP contribution in [0.1, 0.15) is 0 Å². The van der Waals surface area contributed by atoms with Crippen LogP contribution in [0, 0.1) is 6.07 Å². The van der Waals surface area contributed by atoms with Crippen molar-refractivity contribution in [3.05, 3.63) is 30.3 Å². The molecular weight excluding hydrogens is 360 g/mol. The summed E-state index contributed by atoms with van der Waals surface area (Å²) in [5.74, 6) is 0. The van der Waals surface area contributed by atoms with E-state index in [2.05, 4.69) is 6.07 Å². The maximum Gasteiger partial charge on any atom is 0.295 e. The Morgan fingerprint density at radius 3 is 1.82 bits per heavy atom. The third-order valence-corrected chi connectivity index (χ3v) is 5.16. The van der Waals surface area contributed by atoms with Crippen LogP contribution in [0.25, 0.3) is 10.8 Å². The molecule has 9 nitrogen and oxygen atoms in total. The Morgan fingerprint density at radius 2 is 1.36 bits per heavy atom. The van der Waals surface area contributed by atoms with Gasteiger partial charge in [0.1, 0.15) is 9.79 Å². The normalized spacial score (nSPS) is 13.4. The van der Waals surface area contributed by atoms with Crippen molar-refractivity contribution in [1.82, 2.24) is 0 Å². The molecule has 0 aliphatic rings. The molecule has 0 unspecified atom stereocenters. The molecular formula is C10H7O9S3. The maximum absolute atomic E-state index is 11.3. The van der Waals surface area contributed by atoms with Gasteiger partial charge in [-0.15, -0.1) is 0 Å². The molecule has 0 bridgehead atoms. The summed E-state index contributed by atoms with van der Waals surface area (Å²) < 4.78 is 94.0. The molecule has 0 aromatic heterocycles. The molecule has 0 heterocycles. The van der Waals surface area contributed by atoms with Crippen LogP contribution in [0.4, 0.5) is 0 Å². The number of hydrogen-bond acceptors (Lipinski definition) is 6. The number of fused-ring (bicyclic) bond motifs is 1. The van der Waals surface area contributed by atoms with Crippen molar-refractivity contribution in [2.24, 2.45) is 0 Å². The first kappa shape index (κ1) is 16.8. The van der Waals surface area contributed by atoms with E-state index >= 15 is 0 Å². The second-order valence-electron chi connectivity index (χ2n) is 4.15. The first-order valence-corrected chi connectivity index (χ1v) is 9.54. The largest absolute Gasteiger partial charge is 0.295 e. The minimum Gasteiger partial charge on any atom is -0.282 e. The van der Waals surface area contributed by atoms with E-state index in [0.717, 1.165) is 18.2 Å². The summed E-state index contributed by atoms with van der Waals surface area (Å²) in [6.07, 6.45) is 0. The van der Waals surface area contributed by atoms with Crippen LogP contribution in [0.2, 0.25) is 0 Å². The first-order valence-electron chi connectivity index (χ1n) is 5.22. The molecule has 0 fully saturated rings. The van der Waals surface area contributed by atoms with Gasteiger partial charge in [-0.3, -0.25) is 13.7 Å². The van der Waals surface area contributed by atoms with Crippen LogP contribution in [0.15, 0.2) is 39.0 Å². The number of hydrogen-bond donors (Lipinski definition) is 3. The second-order valence-corrected chi connectivity index (χ2v) is 8.35.